The van der Waals surface area contributed by atoms with Gasteiger partial charge in [-0.25, -0.2) is 4.79 Å². The van der Waals surface area contributed by atoms with Crippen molar-refractivity contribution in [2.45, 2.75) is 19.4 Å². The lowest BCUT2D eigenvalue weighted by Crippen LogP contribution is -2.30. The molecule has 5 heteroatoms. The van der Waals surface area contributed by atoms with Gasteiger partial charge in [-0.15, -0.1) is 0 Å². The van der Waals surface area contributed by atoms with Crippen LogP contribution < -0.4 is 16.6 Å². The standard InChI is InChI=1S/C8H11N3O2/c12-7-5-6-9-3-1-2-4-11(6)8(13)10-7/h5,9H,1-4H2,(H,10,12,13). The second kappa shape index (κ2) is 3.08. The summed E-state index contributed by atoms with van der Waals surface area (Å²) in [6.45, 7) is 1.50. The fourth-order valence-corrected chi connectivity index (χ4v) is 1.50. The first-order valence-electron chi connectivity index (χ1n) is 4.35. The van der Waals surface area contributed by atoms with Crippen molar-refractivity contribution in [1.82, 2.24) is 9.55 Å². The van der Waals surface area contributed by atoms with E-state index in [1.54, 1.807) is 4.57 Å². The van der Waals surface area contributed by atoms with Crippen molar-refractivity contribution in [3.63, 3.8) is 0 Å². The van der Waals surface area contributed by atoms with Crippen LogP contribution in [0.3, 0.4) is 0 Å². The molecular formula is C8H11N3O2. The lowest BCUT2D eigenvalue weighted by Gasteiger charge is -2.07. The highest BCUT2D eigenvalue weighted by Crippen LogP contribution is 2.07. The first-order valence-corrected chi connectivity index (χ1v) is 4.35. The molecule has 5 nitrogen and oxygen atoms in total. The summed E-state index contributed by atoms with van der Waals surface area (Å²) in [6, 6.07) is 1.42. The van der Waals surface area contributed by atoms with Crippen LogP contribution >= 0.6 is 0 Å². The van der Waals surface area contributed by atoms with Crippen molar-refractivity contribution in [1.29, 1.82) is 0 Å². The van der Waals surface area contributed by atoms with Crippen molar-refractivity contribution in [3.8, 4) is 0 Å². The third-order valence-corrected chi connectivity index (χ3v) is 2.15. The number of aromatic amines is 1. The van der Waals surface area contributed by atoms with Gasteiger partial charge in [-0.2, -0.15) is 0 Å². The van der Waals surface area contributed by atoms with Gasteiger partial charge < -0.3 is 5.32 Å². The number of rotatable bonds is 0. The van der Waals surface area contributed by atoms with Crippen molar-refractivity contribution < 1.29 is 0 Å². The molecule has 0 saturated carbocycles. The average Bonchev–Trinajstić information content (AvgIpc) is 2.28. The smallest absolute Gasteiger partial charge is 0.329 e. The lowest BCUT2D eigenvalue weighted by molar-refractivity contribution is 0.621. The van der Waals surface area contributed by atoms with E-state index < -0.39 is 0 Å². The second-order valence-electron chi connectivity index (χ2n) is 3.11. The number of H-pyrrole nitrogens is 1. The van der Waals surface area contributed by atoms with Gasteiger partial charge >= 0.3 is 5.69 Å². The summed E-state index contributed by atoms with van der Waals surface area (Å²) in [4.78, 5) is 24.5. The first-order chi connectivity index (χ1) is 6.27. The molecule has 13 heavy (non-hydrogen) atoms. The van der Waals surface area contributed by atoms with Gasteiger partial charge in [-0.05, 0) is 12.8 Å². The number of fused-ring (bicyclic) bond motifs is 1. The lowest BCUT2D eigenvalue weighted by atomic mass is 10.3. The van der Waals surface area contributed by atoms with Gasteiger partial charge in [0.05, 0.1) is 0 Å². The zero-order chi connectivity index (χ0) is 9.26. The van der Waals surface area contributed by atoms with Crippen LogP contribution in [0, 0.1) is 0 Å². The fraction of sp³-hybridized carbons (Fsp3) is 0.500. The summed E-state index contributed by atoms with van der Waals surface area (Å²) >= 11 is 0. The zero-order valence-corrected chi connectivity index (χ0v) is 7.17. The fourth-order valence-electron chi connectivity index (χ4n) is 1.50. The van der Waals surface area contributed by atoms with Crippen LogP contribution in [-0.4, -0.2) is 16.1 Å². The number of nitrogens with one attached hydrogen (secondary N) is 2. The zero-order valence-electron chi connectivity index (χ0n) is 7.17. The molecule has 0 atom stereocenters. The van der Waals surface area contributed by atoms with Crippen LogP contribution in [0.4, 0.5) is 5.82 Å². The Morgan fingerprint density at radius 3 is 3.00 bits per heavy atom. The highest BCUT2D eigenvalue weighted by Gasteiger charge is 2.08. The Balaban J connectivity index is 2.60. The van der Waals surface area contributed by atoms with E-state index >= 15 is 0 Å². The van der Waals surface area contributed by atoms with Gasteiger partial charge in [-0.1, -0.05) is 0 Å². The van der Waals surface area contributed by atoms with Gasteiger partial charge in [0.1, 0.15) is 5.82 Å². The highest BCUT2D eigenvalue weighted by molar-refractivity contribution is 5.34. The minimum absolute atomic E-state index is 0.322. The van der Waals surface area contributed by atoms with Gasteiger partial charge in [0, 0.05) is 19.2 Å². The summed E-state index contributed by atoms with van der Waals surface area (Å²) in [7, 11) is 0. The Bertz CT molecular complexity index is 418. The molecule has 0 aromatic carbocycles. The average molecular weight is 181 g/mol. The van der Waals surface area contributed by atoms with Crippen LogP contribution in [-0.2, 0) is 6.54 Å². The van der Waals surface area contributed by atoms with E-state index in [1.165, 1.54) is 6.07 Å². The summed E-state index contributed by atoms with van der Waals surface area (Å²) in [6.07, 6.45) is 1.99. The van der Waals surface area contributed by atoms with Crippen LogP contribution in [0.1, 0.15) is 12.8 Å². The van der Waals surface area contributed by atoms with Gasteiger partial charge in [-0.3, -0.25) is 14.3 Å². The number of anilines is 1. The molecule has 0 radical (unpaired) electrons. The maximum atomic E-state index is 11.3. The van der Waals surface area contributed by atoms with Crippen LogP contribution in [0.2, 0.25) is 0 Å². The van der Waals surface area contributed by atoms with E-state index in [9.17, 15) is 9.59 Å². The topological polar surface area (TPSA) is 66.9 Å². The minimum atomic E-state index is -0.342. The Hall–Kier alpha value is -1.52. The molecule has 0 aliphatic carbocycles. The van der Waals surface area contributed by atoms with E-state index in [1.807, 2.05) is 0 Å². The molecule has 0 saturated heterocycles. The van der Waals surface area contributed by atoms with Crippen molar-refractivity contribution in [2.24, 2.45) is 0 Å². The third-order valence-electron chi connectivity index (χ3n) is 2.15. The van der Waals surface area contributed by atoms with Gasteiger partial charge in [0.2, 0.25) is 0 Å². The number of hydrogen-bond donors (Lipinski definition) is 2. The first kappa shape index (κ1) is 8.10. The van der Waals surface area contributed by atoms with Gasteiger partial charge in [0.25, 0.3) is 5.56 Å². The number of hydrogen-bond acceptors (Lipinski definition) is 3. The van der Waals surface area contributed by atoms with E-state index in [4.69, 9.17) is 0 Å². The molecule has 1 aliphatic heterocycles. The predicted octanol–water partition coefficient (Wildman–Crippen LogP) is -0.258. The monoisotopic (exact) mass is 181 g/mol. The Kier molecular flexibility index (Phi) is 1.92. The van der Waals surface area contributed by atoms with Crippen LogP contribution in [0.25, 0.3) is 0 Å². The van der Waals surface area contributed by atoms with E-state index in [-0.39, 0.29) is 11.2 Å². The summed E-state index contributed by atoms with van der Waals surface area (Å²) in [5.74, 6) is 0.631. The summed E-state index contributed by atoms with van der Waals surface area (Å²) in [5, 5.41) is 3.05. The molecular weight excluding hydrogens is 170 g/mol. The minimum Gasteiger partial charge on any atom is -0.371 e. The molecule has 1 aromatic rings. The molecule has 1 aliphatic rings. The second-order valence-corrected chi connectivity index (χ2v) is 3.11. The molecule has 2 heterocycles. The summed E-state index contributed by atoms with van der Waals surface area (Å²) in [5.41, 5.74) is -0.664. The molecule has 2 rings (SSSR count). The molecule has 0 amide bonds. The Morgan fingerprint density at radius 1 is 1.31 bits per heavy atom. The molecule has 0 bridgehead atoms. The van der Waals surface area contributed by atoms with E-state index in [2.05, 4.69) is 10.3 Å². The third kappa shape index (κ3) is 1.49. The summed E-state index contributed by atoms with van der Waals surface area (Å²) < 4.78 is 1.56. The quantitative estimate of drug-likeness (QED) is 0.579. The molecule has 0 fully saturated rings. The maximum Gasteiger partial charge on any atom is 0.329 e. The van der Waals surface area contributed by atoms with Crippen LogP contribution in [0.5, 0.6) is 0 Å². The Morgan fingerprint density at radius 2 is 2.15 bits per heavy atom. The van der Waals surface area contributed by atoms with Crippen molar-refractivity contribution in [2.75, 3.05) is 11.9 Å². The van der Waals surface area contributed by atoms with Crippen LogP contribution in [0.15, 0.2) is 15.7 Å². The van der Waals surface area contributed by atoms with Crippen molar-refractivity contribution in [3.05, 3.63) is 26.9 Å². The normalized spacial score (nSPS) is 15.7. The molecule has 0 unspecified atom stereocenters. The van der Waals surface area contributed by atoms with Crippen molar-refractivity contribution >= 4 is 5.82 Å². The SMILES string of the molecule is O=c1cc2n(c(=O)[nH]1)CCCCN2. The molecule has 1 aromatic heterocycles. The highest BCUT2D eigenvalue weighted by atomic mass is 16.2. The number of nitrogens with zero attached hydrogens (tertiary/aromatic N) is 1. The van der Waals surface area contributed by atoms with Gasteiger partial charge in [0.15, 0.2) is 0 Å². The van der Waals surface area contributed by atoms with E-state index in [0.717, 1.165) is 19.4 Å². The number of aromatic nitrogens is 2. The molecule has 70 valence electrons. The Labute approximate surface area is 74.4 Å². The van der Waals surface area contributed by atoms with E-state index in [0.29, 0.717) is 12.4 Å². The largest absolute Gasteiger partial charge is 0.371 e. The molecule has 0 spiro atoms. The maximum absolute atomic E-state index is 11.3. The molecule has 2 N–H and O–H groups in total. The predicted molar refractivity (Wildman–Crippen MR) is 49.0 cm³/mol.